The number of nitrogens with zero attached hydrogens (tertiary/aromatic N) is 3. The Morgan fingerprint density at radius 3 is 2.43 bits per heavy atom. The van der Waals surface area contributed by atoms with Crippen LogP contribution in [0.1, 0.15) is 0 Å². The Labute approximate surface area is 82.4 Å². The molecule has 0 aliphatic rings. The topological polar surface area (TPSA) is 99.2 Å². The Hall–Kier alpha value is -1.70. The van der Waals surface area contributed by atoms with E-state index in [1.54, 1.807) is 6.26 Å². The summed E-state index contributed by atoms with van der Waals surface area (Å²) in [5.74, 6) is 0. The van der Waals surface area contributed by atoms with E-state index in [4.69, 9.17) is 0 Å². The molecular weight excluding hydrogens is 210 g/mol. The fourth-order valence-corrected chi connectivity index (χ4v) is 1.32. The van der Waals surface area contributed by atoms with Crippen LogP contribution < -0.4 is 0 Å². The maximum absolute atomic E-state index is 10.5. The lowest BCUT2D eigenvalue weighted by Crippen LogP contribution is -1.96. The summed E-state index contributed by atoms with van der Waals surface area (Å²) in [6.45, 7) is 0. The van der Waals surface area contributed by atoms with Gasteiger partial charge in [-0.15, -0.1) is 11.8 Å². The smallest absolute Gasteiger partial charge is 0.258 e. The van der Waals surface area contributed by atoms with Gasteiger partial charge in [-0.05, 0) is 6.26 Å². The third-order valence-corrected chi connectivity index (χ3v) is 2.12. The minimum Gasteiger partial charge on any atom is -0.258 e. The van der Waals surface area contributed by atoms with Crippen LogP contribution in [0, 0.1) is 20.2 Å². The Morgan fingerprint density at radius 1 is 1.36 bits per heavy atom. The van der Waals surface area contributed by atoms with E-state index in [0.717, 1.165) is 24.0 Å². The average Bonchev–Trinajstić information content (AvgIpc) is 2.16. The zero-order valence-corrected chi connectivity index (χ0v) is 7.85. The second kappa shape index (κ2) is 4.01. The van der Waals surface area contributed by atoms with Crippen LogP contribution in [-0.4, -0.2) is 21.1 Å². The second-order valence-corrected chi connectivity index (χ2v) is 3.03. The van der Waals surface area contributed by atoms with Gasteiger partial charge in [0.2, 0.25) is 0 Å². The maximum Gasteiger partial charge on any atom is 0.308 e. The van der Waals surface area contributed by atoms with Crippen molar-refractivity contribution in [1.29, 1.82) is 0 Å². The number of hydrogen-bond donors (Lipinski definition) is 0. The van der Waals surface area contributed by atoms with E-state index in [-0.39, 0.29) is 16.4 Å². The Bertz CT molecular complexity index is 395. The summed E-state index contributed by atoms with van der Waals surface area (Å²) < 4.78 is 0. The van der Waals surface area contributed by atoms with Gasteiger partial charge in [-0.2, -0.15) is 0 Å². The molecule has 1 rings (SSSR count). The SMILES string of the molecule is CSc1ncc([N+](=O)[O-])cc1[N+](=O)[O-]. The Balaban J connectivity index is 3.27. The lowest BCUT2D eigenvalue weighted by atomic mass is 10.4. The summed E-state index contributed by atoms with van der Waals surface area (Å²) in [4.78, 5) is 23.0. The molecule has 0 aliphatic carbocycles. The van der Waals surface area contributed by atoms with Crippen molar-refractivity contribution >= 4 is 23.1 Å². The van der Waals surface area contributed by atoms with Gasteiger partial charge in [-0.1, -0.05) is 0 Å². The lowest BCUT2D eigenvalue weighted by Gasteiger charge is -1.97. The third kappa shape index (κ3) is 1.96. The summed E-state index contributed by atoms with van der Waals surface area (Å²) in [6.07, 6.45) is 2.61. The van der Waals surface area contributed by atoms with Crippen molar-refractivity contribution < 1.29 is 9.85 Å². The van der Waals surface area contributed by atoms with Crippen LogP contribution in [0.5, 0.6) is 0 Å². The molecular formula is C6H5N3O4S. The van der Waals surface area contributed by atoms with Gasteiger partial charge in [0.25, 0.3) is 5.69 Å². The van der Waals surface area contributed by atoms with Crippen LogP contribution in [0.15, 0.2) is 17.3 Å². The van der Waals surface area contributed by atoms with Crippen molar-refractivity contribution in [2.75, 3.05) is 6.26 Å². The van der Waals surface area contributed by atoms with Gasteiger partial charge in [0.1, 0.15) is 6.20 Å². The molecule has 0 spiro atoms. The number of rotatable bonds is 3. The highest BCUT2D eigenvalue weighted by molar-refractivity contribution is 7.98. The normalized spacial score (nSPS) is 9.79. The number of hydrogen-bond acceptors (Lipinski definition) is 6. The van der Waals surface area contributed by atoms with Crippen molar-refractivity contribution in [2.24, 2.45) is 0 Å². The van der Waals surface area contributed by atoms with Crippen molar-refractivity contribution in [3.63, 3.8) is 0 Å². The van der Waals surface area contributed by atoms with E-state index in [2.05, 4.69) is 4.98 Å². The highest BCUT2D eigenvalue weighted by atomic mass is 32.2. The van der Waals surface area contributed by atoms with E-state index in [9.17, 15) is 20.2 Å². The predicted molar refractivity (Wildman–Crippen MR) is 49.3 cm³/mol. The zero-order chi connectivity index (χ0) is 10.7. The van der Waals surface area contributed by atoms with E-state index >= 15 is 0 Å². The first-order chi connectivity index (χ1) is 6.56. The van der Waals surface area contributed by atoms with Crippen LogP contribution in [0.2, 0.25) is 0 Å². The number of pyridine rings is 1. The quantitative estimate of drug-likeness (QED) is 0.431. The molecule has 0 saturated carbocycles. The molecule has 0 unspecified atom stereocenters. The van der Waals surface area contributed by atoms with Gasteiger partial charge >= 0.3 is 5.69 Å². The lowest BCUT2D eigenvalue weighted by molar-refractivity contribution is -0.396. The van der Waals surface area contributed by atoms with Crippen LogP contribution in [0.4, 0.5) is 11.4 Å². The van der Waals surface area contributed by atoms with Gasteiger partial charge in [-0.25, -0.2) is 4.98 Å². The predicted octanol–water partition coefficient (Wildman–Crippen LogP) is 1.62. The molecule has 1 aromatic rings. The first kappa shape index (κ1) is 10.4. The Kier molecular flexibility index (Phi) is 2.97. The zero-order valence-electron chi connectivity index (χ0n) is 7.04. The first-order valence-corrected chi connectivity index (χ1v) is 4.61. The molecule has 74 valence electrons. The molecule has 8 heteroatoms. The molecule has 1 aromatic heterocycles. The third-order valence-electron chi connectivity index (χ3n) is 1.42. The van der Waals surface area contributed by atoms with Gasteiger partial charge in [0.05, 0.1) is 15.9 Å². The Morgan fingerprint density at radius 2 is 2.00 bits per heavy atom. The summed E-state index contributed by atoms with van der Waals surface area (Å²) in [5.41, 5.74) is -0.721. The fraction of sp³-hybridized carbons (Fsp3) is 0.167. The summed E-state index contributed by atoms with van der Waals surface area (Å²) in [7, 11) is 0. The molecule has 7 nitrogen and oxygen atoms in total. The molecule has 0 atom stereocenters. The van der Waals surface area contributed by atoms with Crippen molar-refractivity contribution in [3.8, 4) is 0 Å². The first-order valence-electron chi connectivity index (χ1n) is 3.39. The maximum atomic E-state index is 10.5. The molecule has 14 heavy (non-hydrogen) atoms. The molecule has 0 radical (unpaired) electrons. The summed E-state index contributed by atoms with van der Waals surface area (Å²) in [6, 6.07) is 0.902. The average molecular weight is 215 g/mol. The van der Waals surface area contributed by atoms with Gasteiger partial charge in [-0.3, -0.25) is 20.2 Å². The van der Waals surface area contributed by atoms with Gasteiger partial charge in [0.15, 0.2) is 5.03 Å². The standard InChI is InChI=1S/C6H5N3O4S/c1-14-6-5(9(12)13)2-4(3-7-6)8(10)11/h2-3H,1H3. The molecule has 0 N–H and O–H groups in total. The van der Waals surface area contributed by atoms with Crippen molar-refractivity contribution in [1.82, 2.24) is 4.98 Å². The van der Waals surface area contributed by atoms with Gasteiger partial charge in [0, 0.05) is 0 Å². The van der Waals surface area contributed by atoms with E-state index in [0.29, 0.717) is 0 Å². The van der Waals surface area contributed by atoms with Crippen LogP contribution >= 0.6 is 11.8 Å². The minimum absolute atomic E-state index is 0.167. The number of thioether (sulfide) groups is 1. The molecule has 0 fully saturated rings. The fourth-order valence-electron chi connectivity index (χ4n) is 0.818. The van der Waals surface area contributed by atoms with E-state index < -0.39 is 9.85 Å². The number of nitro groups is 2. The van der Waals surface area contributed by atoms with Crippen LogP contribution in [0.3, 0.4) is 0 Å². The van der Waals surface area contributed by atoms with Crippen LogP contribution in [-0.2, 0) is 0 Å². The van der Waals surface area contributed by atoms with Crippen molar-refractivity contribution in [3.05, 3.63) is 32.5 Å². The molecule has 0 aromatic carbocycles. The largest absolute Gasteiger partial charge is 0.308 e. The number of aromatic nitrogens is 1. The highest BCUT2D eigenvalue weighted by Gasteiger charge is 2.19. The molecule has 0 bridgehead atoms. The monoisotopic (exact) mass is 215 g/mol. The summed E-state index contributed by atoms with van der Waals surface area (Å²) in [5, 5.41) is 21.0. The van der Waals surface area contributed by atoms with E-state index in [1.807, 2.05) is 0 Å². The van der Waals surface area contributed by atoms with Crippen LogP contribution in [0.25, 0.3) is 0 Å². The van der Waals surface area contributed by atoms with E-state index in [1.165, 1.54) is 0 Å². The van der Waals surface area contributed by atoms with Gasteiger partial charge < -0.3 is 0 Å². The molecule has 0 saturated heterocycles. The summed E-state index contributed by atoms with van der Waals surface area (Å²) >= 11 is 1.07. The molecule has 0 aliphatic heterocycles. The second-order valence-electron chi connectivity index (χ2n) is 2.24. The highest BCUT2D eigenvalue weighted by Crippen LogP contribution is 2.28. The molecule has 1 heterocycles. The molecule has 0 amide bonds. The van der Waals surface area contributed by atoms with Crippen molar-refractivity contribution in [2.45, 2.75) is 5.03 Å². The minimum atomic E-state index is -0.718.